The predicted molar refractivity (Wildman–Crippen MR) is 62.9 cm³/mol. The standard InChI is InChI=1S/C12H25NO2/c1-11(2,3)8-7-9-12(4,5)13-10(14)15-6/h7-9H2,1-6H3,(H,13,14). The van der Waals surface area contributed by atoms with Gasteiger partial charge in [0, 0.05) is 5.54 Å². The summed E-state index contributed by atoms with van der Waals surface area (Å²) in [6, 6.07) is 0. The van der Waals surface area contributed by atoms with Crippen LogP contribution >= 0.6 is 0 Å². The van der Waals surface area contributed by atoms with Crippen molar-refractivity contribution in [3.63, 3.8) is 0 Å². The van der Waals surface area contributed by atoms with E-state index >= 15 is 0 Å². The summed E-state index contributed by atoms with van der Waals surface area (Å²) in [7, 11) is 1.39. The van der Waals surface area contributed by atoms with Crippen molar-refractivity contribution in [2.45, 2.75) is 59.4 Å². The first kappa shape index (κ1) is 14.3. The fourth-order valence-corrected chi connectivity index (χ4v) is 1.45. The molecule has 15 heavy (non-hydrogen) atoms. The molecule has 0 rings (SSSR count). The molecule has 0 heterocycles. The smallest absolute Gasteiger partial charge is 0.407 e. The SMILES string of the molecule is COC(=O)NC(C)(C)CCCC(C)(C)C. The van der Waals surface area contributed by atoms with Crippen molar-refractivity contribution < 1.29 is 9.53 Å². The van der Waals surface area contributed by atoms with Gasteiger partial charge in [-0.15, -0.1) is 0 Å². The van der Waals surface area contributed by atoms with Crippen LogP contribution in [0, 0.1) is 5.41 Å². The molecule has 1 amide bonds. The third kappa shape index (κ3) is 8.28. The Balaban J connectivity index is 3.89. The molecule has 0 aliphatic rings. The lowest BCUT2D eigenvalue weighted by molar-refractivity contribution is 0.157. The van der Waals surface area contributed by atoms with Crippen molar-refractivity contribution in [1.29, 1.82) is 0 Å². The van der Waals surface area contributed by atoms with Crippen molar-refractivity contribution in [3.05, 3.63) is 0 Å². The molecule has 0 aromatic rings. The molecule has 0 aliphatic carbocycles. The highest BCUT2D eigenvalue weighted by Crippen LogP contribution is 2.24. The van der Waals surface area contributed by atoms with E-state index in [9.17, 15) is 4.79 Å². The molecule has 0 bridgehead atoms. The van der Waals surface area contributed by atoms with Gasteiger partial charge in [0.05, 0.1) is 7.11 Å². The summed E-state index contributed by atoms with van der Waals surface area (Å²) in [5, 5.41) is 2.83. The Morgan fingerprint density at radius 1 is 1.13 bits per heavy atom. The molecule has 0 fully saturated rings. The Morgan fingerprint density at radius 3 is 2.07 bits per heavy atom. The maximum atomic E-state index is 11.1. The molecule has 90 valence electrons. The van der Waals surface area contributed by atoms with Gasteiger partial charge in [0.1, 0.15) is 0 Å². The number of alkyl carbamates (subject to hydrolysis) is 1. The van der Waals surface area contributed by atoms with Gasteiger partial charge in [-0.1, -0.05) is 27.2 Å². The fourth-order valence-electron chi connectivity index (χ4n) is 1.45. The van der Waals surface area contributed by atoms with Gasteiger partial charge in [-0.2, -0.15) is 0 Å². The number of rotatable bonds is 4. The van der Waals surface area contributed by atoms with E-state index in [-0.39, 0.29) is 11.6 Å². The second-order valence-electron chi connectivity index (χ2n) is 5.91. The second kappa shape index (κ2) is 5.38. The number of carbonyl (C=O) groups is 1. The molecule has 0 aromatic heterocycles. The fraction of sp³-hybridized carbons (Fsp3) is 0.917. The first-order valence-electron chi connectivity index (χ1n) is 5.52. The highest BCUT2D eigenvalue weighted by Gasteiger charge is 2.21. The van der Waals surface area contributed by atoms with Gasteiger partial charge in [0.25, 0.3) is 0 Å². The summed E-state index contributed by atoms with van der Waals surface area (Å²) < 4.78 is 4.58. The highest BCUT2D eigenvalue weighted by molar-refractivity contribution is 5.67. The topological polar surface area (TPSA) is 38.3 Å². The maximum absolute atomic E-state index is 11.1. The molecular weight excluding hydrogens is 190 g/mol. The first-order valence-corrected chi connectivity index (χ1v) is 5.52. The average molecular weight is 215 g/mol. The Hall–Kier alpha value is -0.730. The van der Waals surface area contributed by atoms with Gasteiger partial charge < -0.3 is 10.1 Å². The summed E-state index contributed by atoms with van der Waals surface area (Å²) in [6.07, 6.45) is 2.90. The lowest BCUT2D eigenvalue weighted by Gasteiger charge is -2.27. The largest absolute Gasteiger partial charge is 0.453 e. The summed E-state index contributed by atoms with van der Waals surface area (Å²) in [5.41, 5.74) is 0.180. The van der Waals surface area contributed by atoms with Crippen LogP contribution in [-0.2, 0) is 4.74 Å². The van der Waals surface area contributed by atoms with Crippen LogP contribution in [0.15, 0.2) is 0 Å². The Bertz CT molecular complexity index is 204. The van der Waals surface area contributed by atoms with Crippen LogP contribution in [0.1, 0.15) is 53.9 Å². The Kier molecular flexibility index (Phi) is 5.12. The molecule has 0 atom stereocenters. The molecule has 1 N–H and O–H groups in total. The number of nitrogens with one attached hydrogen (secondary N) is 1. The summed E-state index contributed by atoms with van der Waals surface area (Å²) in [4.78, 5) is 11.1. The van der Waals surface area contributed by atoms with Crippen LogP contribution in [0.25, 0.3) is 0 Å². The van der Waals surface area contributed by atoms with Gasteiger partial charge in [-0.05, 0) is 32.1 Å². The number of hydrogen-bond donors (Lipinski definition) is 1. The molecule has 3 nitrogen and oxygen atoms in total. The summed E-state index contributed by atoms with van der Waals surface area (Å²) in [5.74, 6) is 0. The minimum Gasteiger partial charge on any atom is -0.453 e. The number of carbonyl (C=O) groups excluding carboxylic acids is 1. The number of ether oxygens (including phenoxy) is 1. The van der Waals surface area contributed by atoms with E-state index in [0.717, 1.165) is 12.8 Å². The molecule has 0 saturated heterocycles. The monoisotopic (exact) mass is 215 g/mol. The van der Waals surface area contributed by atoms with Crippen LogP contribution in [0.4, 0.5) is 4.79 Å². The number of methoxy groups -OCH3 is 1. The molecule has 0 unspecified atom stereocenters. The lowest BCUT2D eigenvalue weighted by Crippen LogP contribution is -2.43. The lowest BCUT2D eigenvalue weighted by atomic mass is 9.86. The van der Waals surface area contributed by atoms with Crippen LogP contribution in [0.3, 0.4) is 0 Å². The van der Waals surface area contributed by atoms with Gasteiger partial charge in [-0.25, -0.2) is 4.79 Å². The summed E-state index contributed by atoms with van der Waals surface area (Å²) in [6.45, 7) is 10.7. The normalized spacial score (nSPS) is 12.4. The van der Waals surface area contributed by atoms with Gasteiger partial charge >= 0.3 is 6.09 Å². The average Bonchev–Trinajstić information content (AvgIpc) is 2.00. The van der Waals surface area contributed by atoms with Crippen molar-refractivity contribution in [2.24, 2.45) is 5.41 Å². The highest BCUT2D eigenvalue weighted by atomic mass is 16.5. The van der Waals surface area contributed by atoms with Gasteiger partial charge in [0.2, 0.25) is 0 Å². The van der Waals surface area contributed by atoms with E-state index < -0.39 is 0 Å². The molecule has 0 saturated carbocycles. The van der Waals surface area contributed by atoms with E-state index in [0.29, 0.717) is 5.41 Å². The van der Waals surface area contributed by atoms with Gasteiger partial charge in [-0.3, -0.25) is 0 Å². The molecule has 0 aliphatic heterocycles. The Labute approximate surface area is 93.6 Å². The molecule has 0 spiro atoms. The van der Waals surface area contributed by atoms with E-state index in [1.165, 1.54) is 13.5 Å². The minimum absolute atomic E-state index is 0.182. The van der Waals surface area contributed by atoms with Crippen molar-refractivity contribution in [1.82, 2.24) is 5.32 Å². The summed E-state index contributed by atoms with van der Waals surface area (Å²) >= 11 is 0. The molecular formula is C12H25NO2. The van der Waals surface area contributed by atoms with Gasteiger partial charge in [0.15, 0.2) is 0 Å². The van der Waals surface area contributed by atoms with Crippen molar-refractivity contribution >= 4 is 6.09 Å². The number of amides is 1. The molecule has 3 heteroatoms. The van der Waals surface area contributed by atoms with E-state index in [1.807, 2.05) is 13.8 Å². The van der Waals surface area contributed by atoms with Crippen LogP contribution in [-0.4, -0.2) is 18.7 Å². The zero-order chi connectivity index (χ0) is 12.1. The predicted octanol–water partition coefficient (Wildman–Crippen LogP) is 3.34. The maximum Gasteiger partial charge on any atom is 0.407 e. The first-order chi connectivity index (χ1) is 6.66. The molecule has 0 aromatic carbocycles. The van der Waals surface area contributed by atoms with Crippen molar-refractivity contribution in [2.75, 3.05) is 7.11 Å². The third-order valence-corrected chi connectivity index (χ3v) is 2.35. The zero-order valence-electron chi connectivity index (χ0n) is 10.9. The minimum atomic E-state index is -0.351. The van der Waals surface area contributed by atoms with Crippen LogP contribution in [0.2, 0.25) is 0 Å². The number of hydrogen-bond acceptors (Lipinski definition) is 2. The van der Waals surface area contributed by atoms with E-state index in [2.05, 4.69) is 30.8 Å². The Morgan fingerprint density at radius 2 is 1.67 bits per heavy atom. The van der Waals surface area contributed by atoms with Crippen LogP contribution in [0.5, 0.6) is 0 Å². The second-order valence-corrected chi connectivity index (χ2v) is 5.91. The van der Waals surface area contributed by atoms with E-state index in [4.69, 9.17) is 0 Å². The third-order valence-electron chi connectivity index (χ3n) is 2.35. The molecule has 0 radical (unpaired) electrons. The van der Waals surface area contributed by atoms with Crippen LogP contribution < -0.4 is 5.32 Å². The van der Waals surface area contributed by atoms with Crippen molar-refractivity contribution in [3.8, 4) is 0 Å². The quantitative estimate of drug-likeness (QED) is 0.781. The zero-order valence-corrected chi connectivity index (χ0v) is 10.9. The van der Waals surface area contributed by atoms with E-state index in [1.54, 1.807) is 0 Å².